The smallest absolute Gasteiger partial charge is 0.309 e. The molecule has 3 atom stereocenters. The van der Waals surface area contributed by atoms with Crippen LogP contribution in [0.5, 0.6) is 0 Å². The first-order valence-corrected chi connectivity index (χ1v) is 12.0. The van der Waals surface area contributed by atoms with Crippen molar-refractivity contribution in [2.75, 3.05) is 13.2 Å². The van der Waals surface area contributed by atoms with E-state index in [0.29, 0.717) is 19.3 Å². The minimum atomic E-state index is -0.555. The van der Waals surface area contributed by atoms with Gasteiger partial charge in [0.1, 0.15) is 6.61 Å². The fourth-order valence-electron chi connectivity index (χ4n) is 4.64. The standard InChI is InChI=1S/C26H36N2O5/c1-19-17-33-25(32)22(15-20-9-3-2-4-10-20)12-6-5-11-21(24(31)27-19)16-23(30)28-26(18-29)13-7-8-14-26/h2-6,9-10,19,21-22,29H,7-8,11-18H2,1H3,(H,27,31)(H,28,30)/t19-,21+,22+/m0/s1. The van der Waals surface area contributed by atoms with Gasteiger partial charge in [0.2, 0.25) is 11.8 Å². The predicted molar refractivity (Wildman–Crippen MR) is 125 cm³/mol. The molecule has 3 N–H and O–H groups in total. The third kappa shape index (κ3) is 7.42. The molecule has 0 aromatic heterocycles. The van der Waals surface area contributed by atoms with Gasteiger partial charge in [-0.25, -0.2) is 0 Å². The maximum Gasteiger partial charge on any atom is 0.309 e. The van der Waals surface area contributed by atoms with E-state index in [1.165, 1.54) is 0 Å². The van der Waals surface area contributed by atoms with E-state index in [1.54, 1.807) is 6.92 Å². The number of carbonyl (C=O) groups excluding carboxylic acids is 3. The average molecular weight is 457 g/mol. The van der Waals surface area contributed by atoms with Gasteiger partial charge in [-0.15, -0.1) is 0 Å². The van der Waals surface area contributed by atoms with E-state index in [1.807, 2.05) is 42.5 Å². The van der Waals surface area contributed by atoms with Crippen LogP contribution in [0.15, 0.2) is 42.5 Å². The number of esters is 1. The number of aliphatic hydroxyl groups is 1. The van der Waals surface area contributed by atoms with E-state index in [0.717, 1.165) is 31.2 Å². The van der Waals surface area contributed by atoms with Crippen LogP contribution >= 0.6 is 0 Å². The van der Waals surface area contributed by atoms with Crippen molar-refractivity contribution in [3.63, 3.8) is 0 Å². The lowest BCUT2D eigenvalue weighted by molar-refractivity contribution is -0.149. The van der Waals surface area contributed by atoms with Crippen molar-refractivity contribution in [1.29, 1.82) is 0 Å². The Hall–Kier alpha value is -2.67. The van der Waals surface area contributed by atoms with E-state index in [-0.39, 0.29) is 49.4 Å². The number of benzene rings is 1. The lowest BCUT2D eigenvalue weighted by Crippen LogP contribution is -2.50. The topological polar surface area (TPSA) is 105 Å². The summed E-state index contributed by atoms with van der Waals surface area (Å²) < 4.78 is 5.50. The van der Waals surface area contributed by atoms with Crippen LogP contribution < -0.4 is 10.6 Å². The Morgan fingerprint density at radius 1 is 1.12 bits per heavy atom. The maximum atomic E-state index is 12.8. The number of allylic oxidation sites excluding steroid dienone is 2. The van der Waals surface area contributed by atoms with Crippen molar-refractivity contribution >= 4 is 17.8 Å². The molecule has 1 aromatic carbocycles. The van der Waals surface area contributed by atoms with Crippen LogP contribution in [0.2, 0.25) is 0 Å². The van der Waals surface area contributed by atoms with E-state index >= 15 is 0 Å². The van der Waals surface area contributed by atoms with Crippen LogP contribution in [0.25, 0.3) is 0 Å². The minimum absolute atomic E-state index is 0.0534. The van der Waals surface area contributed by atoms with Gasteiger partial charge in [-0.3, -0.25) is 14.4 Å². The number of nitrogens with one attached hydrogen (secondary N) is 2. The lowest BCUT2D eigenvalue weighted by atomic mass is 9.93. The number of amides is 2. The molecule has 1 aliphatic heterocycles. The molecule has 1 aliphatic carbocycles. The second-order valence-corrected chi connectivity index (χ2v) is 9.46. The molecule has 1 heterocycles. The Labute approximate surface area is 196 Å². The van der Waals surface area contributed by atoms with E-state index in [4.69, 9.17) is 4.74 Å². The highest BCUT2D eigenvalue weighted by Gasteiger charge is 2.35. The molecule has 33 heavy (non-hydrogen) atoms. The molecule has 0 bridgehead atoms. The Morgan fingerprint density at radius 3 is 2.45 bits per heavy atom. The van der Waals surface area contributed by atoms with Gasteiger partial charge in [0, 0.05) is 6.42 Å². The van der Waals surface area contributed by atoms with Crippen LogP contribution in [0.1, 0.15) is 57.4 Å². The molecule has 1 saturated carbocycles. The molecule has 2 amide bonds. The van der Waals surface area contributed by atoms with Crippen LogP contribution in [0, 0.1) is 11.8 Å². The van der Waals surface area contributed by atoms with Gasteiger partial charge >= 0.3 is 5.97 Å². The summed E-state index contributed by atoms with van der Waals surface area (Å²) in [4.78, 5) is 38.2. The van der Waals surface area contributed by atoms with Crippen molar-refractivity contribution in [2.45, 2.75) is 69.9 Å². The van der Waals surface area contributed by atoms with Gasteiger partial charge in [-0.05, 0) is 44.6 Å². The molecule has 1 aromatic rings. The highest BCUT2D eigenvalue weighted by Crippen LogP contribution is 2.29. The van der Waals surface area contributed by atoms with E-state index in [2.05, 4.69) is 10.6 Å². The first kappa shape index (κ1) is 25.0. The van der Waals surface area contributed by atoms with Gasteiger partial charge in [-0.1, -0.05) is 55.3 Å². The number of hydrogen-bond donors (Lipinski definition) is 3. The average Bonchev–Trinajstić information content (AvgIpc) is 3.27. The van der Waals surface area contributed by atoms with Crippen LogP contribution in [0.3, 0.4) is 0 Å². The zero-order valence-electron chi connectivity index (χ0n) is 19.4. The Morgan fingerprint density at radius 2 is 1.79 bits per heavy atom. The summed E-state index contributed by atoms with van der Waals surface area (Å²) in [6, 6.07) is 9.48. The number of hydrogen-bond acceptors (Lipinski definition) is 5. The van der Waals surface area contributed by atoms with Gasteiger partial charge in [-0.2, -0.15) is 0 Å². The molecule has 0 radical (unpaired) electrons. The molecule has 3 rings (SSSR count). The first-order chi connectivity index (χ1) is 15.9. The molecule has 7 nitrogen and oxygen atoms in total. The number of cyclic esters (lactones) is 1. The van der Waals surface area contributed by atoms with E-state index < -0.39 is 11.5 Å². The summed E-state index contributed by atoms with van der Waals surface area (Å²) in [5, 5.41) is 15.6. The zero-order chi connectivity index (χ0) is 23.7. The molecule has 0 saturated heterocycles. The minimum Gasteiger partial charge on any atom is -0.463 e. The molecule has 1 fully saturated rings. The molecular weight excluding hydrogens is 420 g/mol. The zero-order valence-corrected chi connectivity index (χ0v) is 19.4. The Bertz CT molecular complexity index is 832. The fraction of sp³-hybridized carbons (Fsp3) is 0.577. The second kappa shape index (κ2) is 12.0. The molecule has 2 aliphatic rings. The van der Waals surface area contributed by atoms with Crippen molar-refractivity contribution in [3.05, 3.63) is 48.0 Å². The molecule has 0 unspecified atom stereocenters. The SMILES string of the molecule is C[C@H]1COC(=O)[C@@H](Cc2ccccc2)CC=CC[C@H](CC(=O)NC2(CO)CCCC2)C(=O)N1. The van der Waals surface area contributed by atoms with Gasteiger partial charge in [0.25, 0.3) is 0 Å². The summed E-state index contributed by atoms with van der Waals surface area (Å²) >= 11 is 0. The third-order valence-electron chi connectivity index (χ3n) is 6.60. The molecule has 180 valence electrons. The van der Waals surface area contributed by atoms with Crippen LogP contribution in [-0.4, -0.2) is 47.7 Å². The van der Waals surface area contributed by atoms with Gasteiger partial charge in [0.05, 0.1) is 30.0 Å². The van der Waals surface area contributed by atoms with Crippen molar-refractivity contribution in [2.24, 2.45) is 11.8 Å². The number of ether oxygens (including phenoxy) is 1. The Balaban J connectivity index is 1.66. The van der Waals surface area contributed by atoms with Crippen molar-refractivity contribution < 1.29 is 24.2 Å². The summed E-state index contributed by atoms with van der Waals surface area (Å²) in [6.45, 7) is 1.79. The summed E-state index contributed by atoms with van der Waals surface area (Å²) in [5.74, 6) is -1.55. The molecule has 0 spiro atoms. The number of carbonyl (C=O) groups is 3. The van der Waals surface area contributed by atoms with Crippen molar-refractivity contribution in [3.8, 4) is 0 Å². The van der Waals surface area contributed by atoms with Gasteiger partial charge < -0.3 is 20.5 Å². The highest BCUT2D eigenvalue weighted by atomic mass is 16.5. The number of rotatable bonds is 6. The van der Waals surface area contributed by atoms with Crippen molar-refractivity contribution in [1.82, 2.24) is 10.6 Å². The van der Waals surface area contributed by atoms with E-state index in [9.17, 15) is 19.5 Å². The predicted octanol–water partition coefficient (Wildman–Crippen LogP) is 2.67. The van der Waals surface area contributed by atoms with Crippen LogP contribution in [0.4, 0.5) is 0 Å². The molecular formula is C26H36N2O5. The second-order valence-electron chi connectivity index (χ2n) is 9.46. The van der Waals surface area contributed by atoms with Gasteiger partial charge in [0.15, 0.2) is 0 Å². The fourth-order valence-corrected chi connectivity index (χ4v) is 4.64. The largest absolute Gasteiger partial charge is 0.463 e. The maximum absolute atomic E-state index is 12.8. The first-order valence-electron chi connectivity index (χ1n) is 12.0. The number of aliphatic hydroxyl groups excluding tert-OH is 1. The summed E-state index contributed by atoms with van der Waals surface area (Å²) in [6.07, 6.45) is 8.83. The third-order valence-corrected chi connectivity index (χ3v) is 6.60. The van der Waals surface area contributed by atoms with Crippen LogP contribution in [-0.2, 0) is 25.5 Å². The monoisotopic (exact) mass is 456 g/mol. The molecule has 7 heteroatoms. The normalized spacial score (nSPS) is 25.9. The summed E-state index contributed by atoms with van der Waals surface area (Å²) in [5.41, 5.74) is 0.515. The summed E-state index contributed by atoms with van der Waals surface area (Å²) in [7, 11) is 0. The quantitative estimate of drug-likeness (QED) is 0.451. The lowest BCUT2D eigenvalue weighted by Gasteiger charge is -2.29. The highest BCUT2D eigenvalue weighted by molar-refractivity contribution is 5.86. The Kier molecular flexibility index (Phi) is 9.06.